The average molecular weight is 227 g/mol. The molecule has 0 atom stereocenters. The monoisotopic (exact) mass is 227 g/mol. The first-order valence-corrected chi connectivity index (χ1v) is 5.33. The van der Waals surface area contributed by atoms with Gasteiger partial charge in [0.15, 0.2) is 0 Å². The molecule has 0 aromatic heterocycles. The van der Waals surface area contributed by atoms with Crippen molar-refractivity contribution >= 4 is 11.6 Å². The molecule has 0 aliphatic rings. The van der Waals surface area contributed by atoms with Gasteiger partial charge in [-0.25, -0.2) is 0 Å². The molecule has 1 amide bonds. The summed E-state index contributed by atoms with van der Waals surface area (Å²) in [6, 6.07) is 13.8. The molecule has 0 aliphatic carbocycles. The molecule has 0 aliphatic heterocycles. The number of amides is 1. The van der Waals surface area contributed by atoms with Crippen molar-refractivity contribution in [1.82, 2.24) is 0 Å². The molecule has 0 saturated carbocycles. The molecule has 0 spiro atoms. The molecule has 0 heterocycles. The highest BCUT2D eigenvalue weighted by Gasteiger charge is 2.07. The molecule has 86 valence electrons. The lowest BCUT2D eigenvalue weighted by atomic mass is 10.1. The van der Waals surface area contributed by atoms with E-state index in [2.05, 4.69) is 5.32 Å². The van der Waals surface area contributed by atoms with E-state index in [0.717, 1.165) is 11.3 Å². The number of carbonyl (C=O) groups is 1. The third-order valence-corrected chi connectivity index (χ3v) is 2.50. The summed E-state index contributed by atoms with van der Waals surface area (Å²) in [6.45, 7) is 1.93. The van der Waals surface area contributed by atoms with E-state index in [4.69, 9.17) is 0 Å². The molecule has 0 bridgehead atoms. The number of phenols is 1. The van der Waals surface area contributed by atoms with Gasteiger partial charge in [0.05, 0.1) is 0 Å². The molecular formula is C14H13NO2. The van der Waals surface area contributed by atoms with Crippen LogP contribution in [0.1, 0.15) is 15.9 Å². The van der Waals surface area contributed by atoms with Crippen LogP contribution in [0, 0.1) is 6.92 Å². The minimum Gasteiger partial charge on any atom is -0.508 e. The first-order chi connectivity index (χ1) is 8.16. The van der Waals surface area contributed by atoms with Gasteiger partial charge in [-0.15, -0.1) is 0 Å². The zero-order chi connectivity index (χ0) is 12.3. The maximum Gasteiger partial charge on any atom is 0.255 e. The van der Waals surface area contributed by atoms with Gasteiger partial charge in [-0.05, 0) is 36.8 Å². The van der Waals surface area contributed by atoms with Gasteiger partial charge in [0.25, 0.3) is 5.91 Å². The van der Waals surface area contributed by atoms with Crippen LogP contribution >= 0.6 is 0 Å². The molecule has 0 saturated heterocycles. The molecule has 0 fully saturated rings. The van der Waals surface area contributed by atoms with Crippen LogP contribution in [-0.2, 0) is 0 Å². The van der Waals surface area contributed by atoms with E-state index in [1.807, 2.05) is 31.2 Å². The van der Waals surface area contributed by atoms with Crippen molar-refractivity contribution in [2.45, 2.75) is 6.92 Å². The van der Waals surface area contributed by atoms with Gasteiger partial charge in [-0.2, -0.15) is 0 Å². The van der Waals surface area contributed by atoms with Crippen LogP contribution in [0.2, 0.25) is 0 Å². The van der Waals surface area contributed by atoms with Gasteiger partial charge < -0.3 is 10.4 Å². The van der Waals surface area contributed by atoms with Gasteiger partial charge in [0.2, 0.25) is 0 Å². The molecule has 0 radical (unpaired) electrons. The summed E-state index contributed by atoms with van der Waals surface area (Å²) in [6.07, 6.45) is 0. The SMILES string of the molecule is Cc1ccccc1NC(=O)c1cccc(O)c1. The number of hydrogen-bond donors (Lipinski definition) is 2. The van der Waals surface area contributed by atoms with E-state index in [1.54, 1.807) is 12.1 Å². The topological polar surface area (TPSA) is 49.3 Å². The van der Waals surface area contributed by atoms with Crippen molar-refractivity contribution in [3.05, 3.63) is 59.7 Å². The lowest BCUT2D eigenvalue weighted by Crippen LogP contribution is -2.12. The number of nitrogens with one attached hydrogen (secondary N) is 1. The van der Waals surface area contributed by atoms with Gasteiger partial charge >= 0.3 is 0 Å². The van der Waals surface area contributed by atoms with Crippen LogP contribution in [0.15, 0.2) is 48.5 Å². The minimum atomic E-state index is -0.227. The number of carbonyl (C=O) groups excluding carboxylic acids is 1. The second-order valence-electron chi connectivity index (χ2n) is 3.82. The number of aromatic hydroxyl groups is 1. The van der Waals surface area contributed by atoms with Crippen LogP contribution in [0.4, 0.5) is 5.69 Å². The van der Waals surface area contributed by atoms with Crippen molar-refractivity contribution in [1.29, 1.82) is 0 Å². The summed E-state index contributed by atoms with van der Waals surface area (Å²) in [4.78, 5) is 11.9. The Morgan fingerprint density at radius 1 is 1.12 bits per heavy atom. The molecule has 2 rings (SSSR count). The highest BCUT2D eigenvalue weighted by molar-refractivity contribution is 6.04. The molecular weight excluding hydrogens is 214 g/mol. The molecule has 17 heavy (non-hydrogen) atoms. The smallest absolute Gasteiger partial charge is 0.255 e. The van der Waals surface area contributed by atoms with Gasteiger partial charge in [0.1, 0.15) is 5.75 Å². The Kier molecular flexibility index (Phi) is 3.10. The Balaban J connectivity index is 2.20. The first kappa shape index (κ1) is 11.2. The van der Waals surface area contributed by atoms with Gasteiger partial charge in [-0.3, -0.25) is 4.79 Å². The Morgan fingerprint density at radius 3 is 2.59 bits per heavy atom. The summed E-state index contributed by atoms with van der Waals surface area (Å²) in [7, 11) is 0. The quantitative estimate of drug-likeness (QED) is 0.828. The molecule has 2 aromatic carbocycles. The number of hydrogen-bond acceptors (Lipinski definition) is 2. The van der Waals surface area contributed by atoms with Crippen molar-refractivity contribution in [2.75, 3.05) is 5.32 Å². The molecule has 3 heteroatoms. The number of rotatable bonds is 2. The van der Waals surface area contributed by atoms with E-state index < -0.39 is 0 Å². The molecule has 3 nitrogen and oxygen atoms in total. The zero-order valence-electron chi connectivity index (χ0n) is 9.47. The zero-order valence-corrected chi connectivity index (χ0v) is 9.47. The third kappa shape index (κ3) is 2.64. The first-order valence-electron chi connectivity index (χ1n) is 5.33. The van der Waals surface area contributed by atoms with Gasteiger partial charge in [0, 0.05) is 11.3 Å². The maximum absolute atomic E-state index is 11.9. The third-order valence-electron chi connectivity index (χ3n) is 2.50. The van der Waals surface area contributed by atoms with Crippen LogP contribution in [0.3, 0.4) is 0 Å². The van der Waals surface area contributed by atoms with Crippen LogP contribution < -0.4 is 5.32 Å². The number of anilines is 1. The fourth-order valence-corrected chi connectivity index (χ4v) is 1.55. The predicted molar refractivity (Wildman–Crippen MR) is 67.2 cm³/mol. The molecule has 0 unspecified atom stereocenters. The van der Waals surface area contributed by atoms with E-state index >= 15 is 0 Å². The Morgan fingerprint density at radius 2 is 1.88 bits per heavy atom. The van der Waals surface area contributed by atoms with E-state index in [-0.39, 0.29) is 11.7 Å². The average Bonchev–Trinajstić information content (AvgIpc) is 2.32. The summed E-state index contributed by atoms with van der Waals surface area (Å²) in [5.74, 6) is -0.141. The highest BCUT2D eigenvalue weighted by Crippen LogP contribution is 2.16. The lowest BCUT2D eigenvalue weighted by molar-refractivity contribution is 0.102. The predicted octanol–water partition coefficient (Wildman–Crippen LogP) is 2.95. The minimum absolute atomic E-state index is 0.0856. The summed E-state index contributed by atoms with van der Waals surface area (Å²) in [5.41, 5.74) is 2.22. The lowest BCUT2D eigenvalue weighted by Gasteiger charge is -2.08. The van der Waals surface area contributed by atoms with E-state index in [9.17, 15) is 9.90 Å². The van der Waals surface area contributed by atoms with E-state index in [1.165, 1.54) is 12.1 Å². The standard InChI is InChI=1S/C14H13NO2/c1-10-5-2-3-8-13(10)15-14(17)11-6-4-7-12(16)9-11/h2-9,16H,1H3,(H,15,17). The Hall–Kier alpha value is -2.29. The second-order valence-corrected chi connectivity index (χ2v) is 3.82. The number of aryl methyl sites for hydroxylation is 1. The summed E-state index contributed by atoms with van der Waals surface area (Å²) < 4.78 is 0. The van der Waals surface area contributed by atoms with Crippen molar-refractivity contribution in [2.24, 2.45) is 0 Å². The van der Waals surface area contributed by atoms with Gasteiger partial charge in [-0.1, -0.05) is 24.3 Å². The summed E-state index contributed by atoms with van der Waals surface area (Å²) in [5, 5.41) is 12.1. The number of phenolic OH excluding ortho intramolecular Hbond substituents is 1. The van der Waals surface area contributed by atoms with Crippen LogP contribution in [0.25, 0.3) is 0 Å². The van der Waals surface area contributed by atoms with Crippen LogP contribution in [0.5, 0.6) is 5.75 Å². The fourth-order valence-electron chi connectivity index (χ4n) is 1.55. The maximum atomic E-state index is 11.9. The molecule has 2 N–H and O–H groups in total. The van der Waals surface area contributed by atoms with Crippen molar-refractivity contribution in [3.8, 4) is 5.75 Å². The Bertz CT molecular complexity index is 549. The van der Waals surface area contributed by atoms with Crippen molar-refractivity contribution in [3.63, 3.8) is 0 Å². The van der Waals surface area contributed by atoms with Crippen molar-refractivity contribution < 1.29 is 9.90 Å². The fraction of sp³-hybridized carbons (Fsp3) is 0.0714. The second kappa shape index (κ2) is 4.70. The van der Waals surface area contributed by atoms with E-state index in [0.29, 0.717) is 5.56 Å². The largest absolute Gasteiger partial charge is 0.508 e. The summed E-state index contributed by atoms with van der Waals surface area (Å²) >= 11 is 0. The number of benzene rings is 2. The highest BCUT2D eigenvalue weighted by atomic mass is 16.3. The van der Waals surface area contributed by atoms with Crippen LogP contribution in [-0.4, -0.2) is 11.0 Å². The number of para-hydroxylation sites is 1. The normalized spacial score (nSPS) is 9.94. The molecule has 2 aromatic rings. The Labute approximate surface area is 99.7 Å².